The monoisotopic (exact) mass is 515 g/mol. The molecule has 1 aliphatic heterocycles. The summed E-state index contributed by atoms with van der Waals surface area (Å²) in [5.41, 5.74) is 1.37. The highest BCUT2D eigenvalue weighted by Gasteiger charge is 2.32. The van der Waals surface area contributed by atoms with E-state index >= 15 is 0 Å². The molecule has 9 nitrogen and oxygen atoms in total. The van der Waals surface area contributed by atoms with E-state index < -0.39 is 0 Å². The van der Waals surface area contributed by atoms with Gasteiger partial charge in [0, 0.05) is 12.7 Å². The van der Waals surface area contributed by atoms with E-state index in [4.69, 9.17) is 9.47 Å². The largest absolute Gasteiger partial charge is 0.482 e. The molecule has 0 saturated carbocycles. The molecule has 0 unspecified atom stereocenters. The van der Waals surface area contributed by atoms with Crippen LogP contribution in [0, 0.1) is 0 Å². The Morgan fingerprint density at radius 1 is 1.03 bits per heavy atom. The number of aromatic nitrogens is 3. The predicted octanol–water partition coefficient (Wildman–Crippen LogP) is 4.82. The van der Waals surface area contributed by atoms with E-state index in [2.05, 4.69) is 15.5 Å². The third kappa shape index (κ3) is 5.44. The van der Waals surface area contributed by atoms with Gasteiger partial charge in [-0.2, -0.15) is 0 Å². The summed E-state index contributed by atoms with van der Waals surface area (Å²) in [4.78, 5) is 26.9. The van der Waals surface area contributed by atoms with Gasteiger partial charge >= 0.3 is 0 Å². The quantitative estimate of drug-likeness (QED) is 0.336. The van der Waals surface area contributed by atoms with Gasteiger partial charge < -0.3 is 19.4 Å². The van der Waals surface area contributed by atoms with Gasteiger partial charge in [-0.3, -0.25) is 14.5 Å². The van der Waals surface area contributed by atoms with Gasteiger partial charge in [-0.15, -0.1) is 10.2 Å². The van der Waals surface area contributed by atoms with E-state index in [1.165, 1.54) is 11.8 Å². The van der Waals surface area contributed by atoms with E-state index in [1.54, 1.807) is 29.2 Å². The van der Waals surface area contributed by atoms with Crippen molar-refractivity contribution >= 4 is 35.0 Å². The molecule has 37 heavy (non-hydrogen) atoms. The molecule has 2 amide bonds. The molecule has 0 fully saturated rings. The number of amides is 2. The molecule has 1 atom stereocenters. The number of nitrogens with zero attached hydrogens (tertiary/aromatic N) is 4. The van der Waals surface area contributed by atoms with Crippen LogP contribution in [0.1, 0.15) is 18.8 Å². The Bertz CT molecular complexity index is 1410. The van der Waals surface area contributed by atoms with Crippen LogP contribution in [0.15, 0.2) is 84.0 Å². The SMILES string of the molecule is C[C@@H](c1nnc(SCC(=O)Nc2ccc(Oc3ccccc3)cc2)n1C)N1C(=O)COc2ccccc21. The van der Waals surface area contributed by atoms with Crippen molar-refractivity contribution in [2.24, 2.45) is 7.05 Å². The van der Waals surface area contributed by atoms with Gasteiger partial charge in [-0.1, -0.05) is 42.1 Å². The van der Waals surface area contributed by atoms with Crippen molar-refractivity contribution in [3.63, 3.8) is 0 Å². The first kappa shape index (κ1) is 24.4. The van der Waals surface area contributed by atoms with Gasteiger partial charge in [0.2, 0.25) is 5.91 Å². The molecule has 5 rings (SSSR count). The highest BCUT2D eigenvalue weighted by atomic mass is 32.2. The summed E-state index contributed by atoms with van der Waals surface area (Å²) in [6, 6.07) is 23.7. The van der Waals surface area contributed by atoms with E-state index in [-0.39, 0.29) is 30.2 Å². The second-order valence-corrected chi connectivity index (χ2v) is 9.31. The van der Waals surface area contributed by atoms with Gasteiger partial charge in [0.25, 0.3) is 5.91 Å². The molecule has 10 heteroatoms. The minimum atomic E-state index is -0.366. The lowest BCUT2D eigenvalue weighted by Crippen LogP contribution is -2.41. The fourth-order valence-electron chi connectivity index (χ4n) is 4.04. The standard InChI is InChI=1S/C27H25N5O4S/c1-18(32-22-10-6-7-11-23(22)35-16-25(32)34)26-29-30-27(31(26)2)37-17-24(33)28-19-12-14-21(15-13-19)36-20-8-4-3-5-9-20/h3-15,18H,16-17H2,1-2H3,(H,28,33)/t18-/m0/s1. The Hall–Kier alpha value is -4.31. The van der Waals surface area contributed by atoms with Gasteiger partial charge in [0.05, 0.1) is 17.5 Å². The van der Waals surface area contributed by atoms with Crippen LogP contribution in [0.4, 0.5) is 11.4 Å². The maximum atomic E-state index is 12.7. The first-order valence-corrected chi connectivity index (χ1v) is 12.7. The molecule has 188 valence electrons. The average Bonchev–Trinajstić information content (AvgIpc) is 3.29. The van der Waals surface area contributed by atoms with Crippen LogP contribution in [0.5, 0.6) is 17.2 Å². The summed E-state index contributed by atoms with van der Waals surface area (Å²) in [5, 5.41) is 12.0. The number of hydrogen-bond donors (Lipinski definition) is 1. The Morgan fingerprint density at radius 3 is 2.51 bits per heavy atom. The zero-order chi connectivity index (χ0) is 25.8. The Labute approximate surface area is 218 Å². The highest BCUT2D eigenvalue weighted by Crippen LogP contribution is 2.37. The van der Waals surface area contributed by atoms with Crippen LogP contribution in [-0.2, 0) is 16.6 Å². The fraction of sp³-hybridized carbons (Fsp3) is 0.185. The van der Waals surface area contributed by atoms with Crippen LogP contribution >= 0.6 is 11.8 Å². The van der Waals surface area contributed by atoms with E-state index in [0.29, 0.717) is 33.9 Å². The molecular weight excluding hydrogens is 490 g/mol. The summed E-state index contributed by atoms with van der Waals surface area (Å²) in [6.07, 6.45) is 0. The van der Waals surface area contributed by atoms with Crippen molar-refractivity contribution in [3.05, 3.63) is 84.7 Å². The normalized spacial score (nSPS) is 13.5. The number of para-hydroxylation sites is 3. The fourth-order valence-corrected chi connectivity index (χ4v) is 4.75. The van der Waals surface area contributed by atoms with Crippen LogP contribution in [0.25, 0.3) is 0 Å². The van der Waals surface area contributed by atoms with Gasteiger partial charge in [0.1, 0.15) is 17.2 Å². The molecular formula is C27H25N5O4S. The lowest BCUT2D eigenvalue weighted by molar-refractivity contribution is -0.121. The second-order valence-electron chi connectivity index (χ2n) is 8.37. The van der Waals surface area contributed by atoms with Gasteiger partial charge in [-0.25, -0.2) is 0 Å². The molecule has 4 aromatic rings. The molecule has 2 heterocycles. The Kier molecular flexibility index (Phi) is 7.09. The van der Waals surface area contributed by atoms with E-state index in [0.717, 1.165) is 5.75 Å². The summed E-state index contributed by atoms with van der Waals surface area (Å²) in [7, 11) is 1.83. The molecule has 0 saturated heterocycles. The number of benzene rings is 3. The van der Waals surface area contributed by atoms with Crippen LogP contribution < -0.4 is 19.7 Å². The van der Waals surface area contributed by atoms with Gasteiger partial charge in [0.15, 0.2) is 17.6 Å². The molecule has 1 aliphatic rings. The van der Waals surface area contributed by atoms with E-state index in [9.17, 15) is 9.59 Å². The number of thioether (sulfide) groups is 1. The molecule has 0 spiro atoms. The maximum Gasteiger partial charge on any atom is 0.265 e. The molecule has 3 aromatic carbocycles. The molecule has 0 bridgehead atoms. The molecule has 0 radical (unpaired) electrons. The first-order chi connectivity index (χ1) is 18.0. The highest BCUT2D eigenvalue weighted by molar-refractivity contribution is 7.99. The molecule has 1 N–H and O–H groups in total. The lowest BCUT2D eigenvalue weighted by Gasteiger charge is -2.33. The second kappa shape index (κ2) is 10.8. The van der Waals surface area contributed by atoms with Crippen LogP contribution in [0.3, 0.4) is 0 Å². The zero-order valence-electron chi connectivity index (χ0n) is 20.3. The minimum Gasteiger partial charge on any atom is -0.482 e. The number of nitrogens with one attached hydrogen (secondary N) is 1. The number of hydrogen-bond acceptors (Lipinski definition) is 7. The Balaban J connectivity index is 1.19. The van der Waals surface area contributed by atoms with Crippen LogP contribution in [-0.4, -0.2) is 38.9 Å². The molecule has 0 aliphatic carbocycles. The maximum absolute atomic E-state index is 12.7. The number of carbonyl (C=O) groups excluding carboxylic acids is 2. The average molecular weight is 516 g/mol. The topological polar surface area (TPSA) is 98.6 Å². The first-order valence-electron chi connectivity index (χ1n) is 11.7. The van der Waals surface area contributed by atoms with Crippen molar-refractivity contribution in [2.45, 2.75) is 18.1 Å². The third-order valence-corrected chi connectivity index (χ3v) is 6.84. The van der Waals surface area contributed by atoms with Gasteiger partial charge in [-0.05, 0) is 55.5 Å². The number of fused-ring (bicyclic) bond motifs is 1. The predicted molar refractivity (Wildman–Crippen MR) is 141 cm³/mol. The van der Waals surface area contributed by atoms with Crippen molar-refractivity contribution in [1.29, 1.82) is 0 Å². The van der Waals surface area contributed by atoms with Crippen molar-refractivity contribution in [1.82, 2.24) is 14.8 Å². The summed E-state index contributed by atoms with van der Waals surface area (Å²) in [5.74, 6) is 2.53. The Morgan fingerprint density at radius 2 is 1.73 bits per heavy atom. The van der Waals surface area contributed by atoms with Crippen molar-refractivity contribution in [2.75, 3.05) is 22.6 Å². The number of anilines is 2. The lowest BCUT2D eigenvalue weighted by atomic mass is 10.1. The third-order valence-electron chi connectivity index (χ3n) is 5.82. The van der Waals surface area contributed by atoms with Crippen molar-refractivity contribution in [3.8, 4) is 17.2 Å². The minimum absolute atomic E-state index is 0.0274. The molecule has 1 aromatic heterocycles. The van der Waals surface area contributed by atoms with Crippen LogP contribution in [0.2, 0.25) is 0 Å². The summed E-state index contributed by atoms with van der Waals surface area (Å²) >= 11 is 1.28. The van der Waals surface area contributed by atoms with E-state index in [1.807, 2.05) is 73.1 Å². The van der Waals surface area contributed by atoms with Crippen molar-refractivity contribution < 1.29 is 19.1 Å². The zero-order valence-corrected chi connectivity index (χ0v) is 21.1. The smallest absolute Gasteiger partial charge is 0.265 e. The number of carbonyl (C=O) groups is 2. The number of ether oxygens (including phenoxy) is 2. The summed E-state index contributed by atoms with van der Waals surface area (Å²) < 4.78 is 13.1. The summed E-state index contributed by atoms with van der Waals surface area (Å²) in [6.45, 7) is 1.87. The number of rotatable bonds is 8.